The van der Waals surface area contributed by atoms with Gasteiger partial charge in [-0.1, -0.05) is 20.8 Å². The van der Waals surface area contributed by atoms with Crippen LogP contribution in [0.25, 0.3) is 0 Å². The lowest BCUT2D eigenvalue weighted by Crippen LogP contribution is -2.26. The second kappa shape index (κ2) is 6.61. The predicted octanol–water partition coefficient (Wildman–Crippen LogP) is 4.71. The van der Waals surface area contributed by atoms with Crippen molar-refractivity contribution in [3.63, 3.8) is 0 Å². The zero-order chi connectivity index (χ0) is 14.8. The molecule has 0 radical (unpaired) electrons. The third kappa shape index (κ3) is 3.64. The van der Waals surface area contributed by atoms with Crippen molar-refractivity contribution in [1.82, 2.24) is 9.78 Å². The number of ether oxygens (including phenoxy) is 1. The van der Waals surface area contributed by atoms with Gasteiger partial charge in [-0.3, -0.25) is 4.68 Å². The largest absolute Gasteiger partial charge is 0.372 e. The van der Waals surface area contributed by atoms with Crippen molar-refractivity contribution < 1.29 is 4.74 Å². The van der Waals surface area contributed by atoms with Gasteiger partial charge in [0.2, 0.25) is 0 Å². The molecule has 0 bridgehead atoms. The van der Waals surface area contributed by atoms with Gasteiger partial charge in [0.1, 0.15) is 0 Å². The van der Waals surface area contributed by atoms with E-state index in [1.54, 1.807) is 0 Å². The molecule has 3 nitrogen and oxygen atoms in total. The third-order valence-corrected chi connectivity index (χ3v) is 5.35. The summed E-state index contributed by atoms with van der Waals surface area (Å²) < 4.78 is 9.35. The van der Waals surface area contributed by atoms with E-state index < -0.39 is 0 Å². The molecule has 0 aromatic carbocycles. The van der Waals surface area contributed by atoms with Crippen molar-refractivity contribution in [3.05, 3.63) is 15.9 Å². The topological polar surface area (TPSA) is 27.1 Å². The Bertz CT molecular complexity index is 444. The minimum atomic E-state index is 0.417. The van der Waals surface area contributed by atoms with Crippen LogP contribution in [0, 0.1) is 5.41 Å². The molecule has 0 spiro atoms. The molecule has 0 saturated heterocycles. The fourth-order valence-electron chi connectivity index (χ4n) is 2.89. The number of rotatable bonds is 5. The summed E-state index contributed by atoms with van der Waals surface area (Å²) in [6.45, 7) is 10.6. The van der Waals surface area contributed by atoms with E-state index in [4.69, 9.17) is 4.74 Å². The van der Waals surface area contributed by atoms with Gasteiger partial charge in [-0.05, 0) is 60.4 Å². The first-order valence-corrected chi connectivity index (χ1v) is 8.61. The van der Waals surface area contributed by atoms with Crippen molar-refractivity contribution in [3.8, 4) is 0 Å². The summed E-state index contributed by atoms with van der Waals surface area (Å²) in [7, 11) is 0. The molecule has 0 amide bonds. The van der Waals surface area contributed by atoms with Gasteiger partial charge in [0.05, 0.1) is 28.6 Å². The zero-order valence-corrected chi connectivity index (χ0v) is 14.8. The third-order valence-electron chi connectivity index (χ3n) is 4.44. The van der Waals surface area contributed by atoms with Crippen LogP contribution in [0.2, 0.25) is 0 Å². The summed E-state index contributed by atoms with van der Waals surface area (Å²) in [6, 6.07) is 0. The van der Waals surface area contributed by atoms with Gasteiger partial charge in [-0.25, -0.2) is 0 Å². The van der Waals surface area contributed by atoms with Gasteiger partial charge >= 0.3 is 0 Å². The van der Waals surface area contributed by atoms with Crippen LogP contribution in [-0.2, 0) is 24.3 Å². The van der Waals surface area contributed by atoms with Crippen LogP contribution < -0.4 is 0 Å². The second-order valence-corrected chi connectivity index (χ2v) is 7.34. The lowest BCUT2D eigenvalue weighted by molar-refractivity contribution is -0.00842. The van der Waals surface area contributed by atoms with Gasteiger partial charge < -0.3 is 4.74 Å². The number of aromatic nitrogens is 2. The van der Waals surface area contributed by atoms with Crippen LogP contribution in [0.4, 0.5) is 0 Å². The van der Waals surface area contributed by atoms with Crippen LogP contribution in [0.3, 0.4) is 0 Å². The van der Waals surface area contributed by atoms with E-state index in [0.717, 1.165) is 23.1 Å². The molecule has 1 fully saturated rings. The molecular weight excluding hydrogens is 316 g/mol. The van der Waals surface area contributed by atoms with Gasteiger partial charge in [-0.15, -0.1) is 0 Å². The molecule has 4 heteroatoms. The lowest BCUT2D eigenvalue weighted by Gasteiger charge is -2.34. The summed E-state index contributed by atoms with van der Waals surface area (Å²) in [4.78, 5) is 0. The molecule has 2 rings (SSSR count). The summed E-state index contributed by atoms with van der Waals surface area (Å²) in [5.41, 5.74) is 2.82. The Morgan fingerprint density at radius 1 is 1.30 bits per heavy atom. The minimum Gasteiger partial charge on any atom is -0.372 e. The Kier molecular flexibility index (Phi) is 5.30. The number of halogens is 1. The van der Waals surface area contributed by atoms with E-state index in [0.29, 0.717) is 18.1 Å². The first kappa shape index (κ1) is 16.0. The Morgan fingerprint density at radius 3 is 2.50 bits per heavy atom. The van der Waals surface area contributed by atoms with E-state index in [-0.39, 0.29) is 0 Å². The first-order valence-electron chi connectivity index (χ1n) is 7.82. The Balaban J connectivity index is 1.96. The normalized spacial score (nSPS) is 19.4. The first-order chi connectivity index (χ1) is 9.46. The molecule has 1 aromatic rings. The standard InChI is InChI=1S/C16H27BrN2O/c1-5-13-15(17)14(19(6-2)18-13)11-20-12-7-9-16(3,4)10-8-12/h12H,5-11H2,1-4H3. The molecule has 0 unspecified atom stereocenters. The van der Waals surface area contributed by atoms with Crippen molar-refractivity contribution in [2.45, 2.75) is 79.1 Å². The fraction of sp³-hybridized carbons (Fsp3) is 0.812. The van der Waals surface area contributed by atoms with Crippen LogP contribution in [0.5, 0.6) is 0 Å². The van der Waals surface area contributed by atoms with E-state index >= 15 is 0 Å². The van der Waals surface area contributed by atoms with Crippen molar-refractivity contribution in [2.24, 2.45) is 5.41 Å². The molecule has 1 aliphatic rings. The monoisotopic (exact) mass is 342 g/mol. The van der Waals surface area contributed by atoms with Crippen LogP contribution in [0.15, 0.2) is 4.47 Å². The molecule has 1 aromatic heterocycles. The summed E-state index contributed by atoms with van der Waals surface area (Å²) in [5.74, 6) is 0. The zero-order valence-electron chi connectivity index (χ0n) is 13.2. The number of aryl methyl sites for hydroxylation is 2. The fourth-order valence-corrected chi connectivity index (χ4v) is 3.57. The average molecular weight is 343 g/mol. The maximum absolute atomic E-state index is 6.15. The van der Waals surface area contributed by atoms with Gasteiger partial charge in [0.15, 0.2) is 0 Å². The Morgan fingerprint density at radius 2 is 1.95 bits per heavy atom. The maximum Gasteiger partial charge on any atom is 0.0900 e. The van der Waals surface area contributed by atoms with E-state index in [2.05, 4.69) is 53.4 Å². The quantitative estimate of drug-likeness (QED) is 0.774. The van der Waals surface area contributed by atoms with Gasteiger partial charge in [0.25, 0.3) is 0 Å². The Labute approximate surface area is 131 Å². The number of nitrogens with zero attached hydrogens (tertiary/aromatic N) is 2. The van der Waals surface area contributed by atoms with E-state index in [9.17, 15) is 0 Å². The van der Waals surface area contributed by atoms with Gasteiger partial charge in [0, 0.05) is 6.54 Å². The SMILES string of the molecule is CCc1nn(CC)c(COC2CCC(C)(C)CC2)c1Br. The minimum absolute atomic E-state index is 0.417. The second-order valence-electron chi connectivity index (χ2n) is 6.55. The molecule has 0 aliphatic heterocycles. The van der Waals surface area contributed by atoms with Crippen LogP contribution >= 0.6 is 15.9 Å². The molecule has 20 heavy (non-hydrogen) atoms. The highest BCUT2D eigenvalue weighted by atomic mass is 79.9. The number of hydrogen-bond donors (Lipinski definition) is 0. The molecular formula is C16H27BrN2O. The lowest BCUT2D eigenvalue weighted by atomic mass is 9.76. The Hall–Kier alpha value is -0.350. The highest BCUT2D eigenvalue weighted by molar-refractivity contribution is 9.10. The summed E-state index contributed by atoms with van der Waals surface area (Å²) in [5, 5.41) is 4.62. The van der Waals surface area contributed by atoms with E-state index in [1.165, 1.54) is 31.4 Å². The molecule has 0 N–H and O–H groups in total. The van der Waals surface area contributed by atoms with Crippen LogP contribution in [-0.4, -0.2) is 15.9 Å². The molecule has 114 valence electrons. The van der Waals surface area contributed by atoms with E-state index in [1.807, 2.05) is 0 Å². The highest BCUT2D eigenvalue weighted by Crippen LogP contribution is 2.36. The predicted molar refractivity (Wildman–Crippen MR) is 85.8 cm³/mol. The van der Waals surface area contributed by atoms with Crippen LogP contribution in [0.1, 0.15) is 64.8 Å². The van der Waals surface area contributed by atoms with Crippen molar-refractivity contribution in [1.29, 1.82) is 0 Å². The molecule has 1 saturated carbocycles. The summed E-state index contributed by atoms with van der Waals surface area (Å²) >= 11 is 3.68. The smallest absolute Gasteiger partial charge is 0.0900 e. The highest BCUT2D eigenvalue weighted by Gasteiger charge is 2.27. The van der Waals surface area contributed by atoms with Crippen molar-refractivity contribution in [2.75, 3.05) is 0 Å². The average Bonchev–Trinajstić information content (AvgIpc) is 2.73. The summed E-state index contributed by atoms with van der Waals surface area (Å²) in [6.07, 6.45) is 6.29. The molecule has 1 aliphatic carbocycles. The molecule has 0 atom stereocenters. The molecule has 1 heterocycles. The number of hydrogen-bond acceptors (Lipinski definition) is 2. The van der Waals surface area contributed by atoms with Gasteiger partial charge in [-0.2, -0.15) is 5.10 Å². The van der Waals surface area contributed by atoms with Crippen molar-refractivity contribution >= 4 is 15.9 Å². The maximum atomic E-state index is 6.15.